The number of carbonyl (C=O) groups excluding carboxylic acids is 1. The van der Waals surface area contributed by atoms with E-state index in [1.807, 2.05) is 30.3 Å². The standard InChI is InChI=1S/C15H25N3O/c1-2-3-10-18(11-9-16)13-15(19)17-12-14-7-5-4-6-8-14/h4-8H,2-3,9-13,16H2,1H3,(H,17,19). The van der Waals surface area contributed by atoms with Crippen molar-refractivity contribution in [1.82, 2.24) is 10.2 Å². The minimum absolute atomic E-state index is 0.0633. The quantitative estimate of drug-likeness (QED) is 0.707. The Morgan fingerprint density at radius 2 is 2.00 bits per heavy atom. The third kappa shape index (κ3) is 6.94. The minimum atomic E-state index is 0.0633. The van der Waals surface area contributed by atoms with Crippen LogP contribution in [0.1, 0.15) is 25.3 Å². The van der Waals surface area contributed by atoms with E-state index >= 15 is 0 Å². The Morgan fingerprint density at radius 1 is 1.26 bits per heavy atom. The molecule has 0 spiro atoms. The molecule has 0 aliphatic carbocycles. The fraction of sp³-hybridized carbons (Fsp3) is 0.533. The molecule has 1 aromatic rings. The summed E-state index contributed by atoms with van der Waals surface area (Å²) in [6.45, 7) is 5.48. The van der Waals surface area contributed by atoms with Crippen molar-refractivity contribution >= 4 is 5.91 Å². The van der Waals surface area contributed by atoms with E-state index in [9.17, 15) is 4.79 Å². The molecular formula is C15H25N3O. The van der Waals surface area contributed by atoms with Gasteiger partial charge in [0.15, 0.2) is 0 Å². The molecule has 0 saturated heterocycles. The van der Waals surface area contributed by atoms with Crippen LogP contribution >= 0.6 is 0 Å². The smallest absolute Gasteiger partial charge is 0.234 e. The first-order chi connectivity index (χ1) is 9.26. The third-order valence-electron chi connectivity index (χ3n) is 2.97. The van der Waals surface area contributed by atoms with Gasteiger partial charge >= 0.3 is 0 Å². The van der Waals surface area contributed by atoms with Gasteiger partial charge in [0.25, 0.3) is 0 Å². The van der Waals surface area contributed by atoms with E-state index in [1.54, 1.807) is 0 Å². The van der Waals surface area contributed by atoms with Gasteiger partial charge < -0.3 is 11.1 Å². The Bertz CT molecular complexity index is 354. The molecular weight excluding hydrogens is 238 g/mol. The van der Waals surface area contributed by atoms with Gasteiger partial charge in [-0.3, -0.25) is 9.69 Å². The van der Waals surface area contributed by atoms with Crippen molar-refractivity contribution in [1.29, 1.82) is 0 Å². The predicted octanol–water partition coefficient (Wildman–Crippen LogP) is 1.36. The van der Waals surface area contributed by atoms with E-state index in [4.69, 9.17) is 5.73 Å². The predicted molar refractivity (Wildman–Crippen MR) is 78.7 cm³/mol. The second-order valence-electron chi connectivity index (χ2n) is 4.68. The number of benzene rings is 1. The Hall–Kier alpha value is -1.39. The summed E-state index contributed by atoms with van der Waals surface area (Å²) >= 11 is 0. The average molecular weight is 263 g/mol. The summed E-state index contributed by atoms with van der Waals surface area (Å²) in [5.74, 6) is 0.0633. The molecule has 0 unspecified atom stereocenters. The Kier molecular flexibility index (Phi) is 7.86. The third-order valence-corrected chi connectivity index (χ3v) is 2.97. The largest absolute Gasteiger partial charge is 0.351 e. The highest BCUT2D eigenvalue weighted by molar-refractivity contribution is 5.78. The highest BCUT2D eigenvalue weighted by Crippen LogP contribution is 1.98. The van der Waals surface area contributed by atoms with Gasteiger partial charge in [-0.05, 0) is 18.5 Å². The molecule has 0 heterocycles. The van der Waals surface area contributed by atoms with E-state index < -0.39 is 0 Å². The molecule has 19 heavy (non-hydrogen) atoms. The SMILES string of the molecule is CCCCN(CCN)CC(=O)NCc1ccccc1. The van der Waals surface area contributed by atoms with Gasteiger partial charge in [0.2, 0.25) is 5.91 Å². The van der Waals surface area contributed by atoms with Crippen molar-refractivity contribution in [3.63, 3.8) is 0 Å². The van der Waals surface area contributed by atoms with Gasteiger partial charge in [-0.25, -0.2) is 0 Å². The van der Waals surface area contributed by atoms with Gasteiger partial charge in [0.05, 0.1) is 6.54 Å². The van der Waals surface area contributed by atoms with E-state index in [2.05, 4.69) is 17.1 Å². The molecule has 0 aliphatic rings. The van der Waals surface area contributed by atoms with Crippen molar-refractivity contribution in [2.45, 2.75) is 26.3 Å². The molecule has 0 aromatic heterocycles. The lowest BCUT2D eigenvalue weighted by Crippen LogP contribution is -2.39. The van der Waals surface area contributed by atoms with Crippen LogP contribution in [0.25, 0.3) is 0 Å². The van der Waals surface area contributed by atoms with Crippen molar-refractivity contribution in [2.24, 2.45) is 5.73 Å². The molecule has 0 fully saturated rings. The molecule has 1 amide bonds. The Balaban J connectivity index is 2.31. The molecule has 0 radical (unpaired) electrons. The fourth-order valence-corrected chi connectivity index (χ4v) is 1.89. The average Bonchev–Trinajstić information content (AvgIpc) is 2.44. The molecule has 4 nitrogen and oxygen atoms in total. The summed E-state index contributed by atoms with van der Waals surface area (Å²) in [4.78, 5) is 14.0. The van der Waals surface area contributed by atoms with Crippen LogP contribution in [0.4, 0.5) is 0 Å². The maximum atomic E-state index is 11.9. The lowest BCUT2D eigenvalue weighted by atomic mass is 10.2. The topological polar surface area (TPSA) is 58.4 Å². The first kappa shape index (κ1) is 15.7. The van der Waals surface area contributed by atoms with Gasteiger partial charge in [0.1, 0.15) is 0 Å². The van der Waals surface area contributed by atoms with Crippen LogP contribution in [0.15, 0.2) is 30.3 Å². The molecule has 1 aromatic carbocycles. The first-order valence-electron chi connectivity index (χ1n) is 6.99. The Morgan fingerprint density at radius 3 is 2.63 bits per heavy atom. The van der Waals surface area contributed by atoms with Crippen molar-refractivity contribution in [3.8, 4) is 0 Å². The van der Waals surface area contributed by atoms with E-state index in [1.165, 1.54) is 0 Å². The molecule has 0 bridgehead atoms. The summed E-state index contributed by atoms with van der Waals surface area (Å²) in [6, 6.07) is 9.94. The number of carbonyl (C=O) groups is 1. The lowest BCUT2D eigenvalue weighted by molar-refractivity contribution is -0.122. The fourth-order valence-electron chi connectivity index (χ4n) is 1.89. The van der Waals surface area contributed by atoms with E-state index in [0.717, 1.165) is 31.5 Å². The zero-order valence-electron chi connectivity index (χ0n) is 11.8. The summed E-state index contributed by atoms with van der Waals surface area (Å²) in [5.41, 5.74) is 6.69. The summed E-state index contributed by atoms with van der Waals surface area (Å²) in [6.07, 6.45) is 2.23. The normalized spacial score (nSPS) is 10.7. The number of unbranched alkanes of at least 4 members (excludes halogenated alkanes) is 1. The molecule has 3 N–H and O–H groups in total. The second kappa shape index (κ2) is 9.53. The number of nitrogens with one attached hydrogen (secondary N) is 1. The monoisotopic (exact) mass is 263 g/mol. The molecule has 0 aliphatic heterocycles. The van der Waals surface area contributed by atoms with Crippen molar-refractivity contribution in [2.75, 3.05) is 26.2 Å². The van der Waals surface area contributed by atoms with E-state index in [0.29, 0.717) is 19.6 Å². The molecule has 1 rings (SSSR count). The van der Waals surface area contributed by atoms with Gasteiger partial charge in [-0.2, -0.15) is 0 Å². The zero-order valence-corrected chi connectivity index (χ0v) is 11.8. The van der Waals surface area contributed by atoms with Crippen molar-refractivity contribution in [3.05, 3.63) is 35.9 Å². The van der Waals surface area contributed by atoms with Crippen LogP contribution in [-0.4, -0.2) is 37.0 Å². The summed E-state index contributed by atoms with van der Waals surface area (Å²) in [5, 5.41) is 2.94. The van der Waals surface area contributed by atoms with Crippen LogP contribution in [0, 0.1) is 0 Å². The zero-order chi connectivity index (χ0) is 13.9. The summed E-state index contributed by atoms with van der Waals surface area (Å²) < 4.78 is 0. The van der Waals surface area contributed by atoms with Crippen LogP contribution in [0.3, 0.4) is 0 Å². The van der Waals surface area contributed by atoms with Gasteiger partial charge in [-0.15, -0.1) is 0 Å². The second-order valence-corrected chi connectivity index (χ2v) is 4.68. The Labute approximate surface area is 116 Å². The number of rotatable bonds is 9. The highest BCUT2D eigenvalue weighted by atomic mass is 16.2. The highest BCUT2D eigenvalue weighted by Gasteiger charge is 2.09. The molecule has 0 atom stereocenters. The van der Waals surface area contributed by atoms with Gasteiger partial charge in [0, 0.05) is 19.6 Å². The maximum Gasteiger partial charge on any atom is 0.234 e. The molecule has 0 saturated carbocycles. The van der Waals surface area contributed by atoms with E-state index in [-0.39, 0.29) is 5.91 Å². The summed E-state index contributed by atoms with van der Waals surface area (Å²) in [7, 11) is 0. The van der Waals surface area contributed by atoms with Crippen LogP contribution < -0.4 is 11.1 Å². The number of nitrogens with zero attached hydrogens (tertiary/aromatic N) is 1. The van der Waals surface area contributed by atoms with Crippen LogP contribution in [-0.2, 0) is 11.3 Å². The first-order valence-corrected chi connectivity index (χ1v) is 6.99. The minimum Gasteiger partial charge on any atom is -0.351 e. The number of amides is 1. The van der Waals surface area contributed by atoms with Crippen LogP contribution in [0.5, 0.6) is 0 Å². The molecule has 106 valence electrons. The number of hydrogen-bond acceptors (Lipinski definition) is 3. The maximum absolute atomic E-state index is 11.9. The van der Waals surface area contributed by atoms with Crippen LogP contribution in [0.2, 0.25) is 0 Å². The number of nitrogens with two attached hydrogens (primary N) is 1. The number of hydrogen-bond donors (Lipinski definition) is 2. The van der Waals surface area contributed by atoms with Crippen molar-refractivity contribution < 1.29 is 4.79 Å². The lowest BCUT2D eigenvalue weighted by Gasteiger charge is -2.20. The molecule has 4 heteroatoms. The van der Waals surface area contributed by atoms with Gasteiger partial charge in [-0.1, -0.05) is 43.7 Å².